The van der Waals surface area contributed by atoms with Crippen LogP contribution in [0.3, 0.4) is 0 Å². The molecule has 0 radical (unpaired) electrons. The lowest BCUT2D eigenvalue weighted by Gasteiger charge is -2.12. The minimum Gasteiger partial charge on any atom is -0.325 e. The molecule has 0 spiro atoms. The zero-order valence-corrected chi connectivity index (χ0v) is 11.7. The van der Waals surface area contributed by atoms with Crippen LogP contribution in [0.4, 0.5) is 5.69 Å². The molecular formula is C14H19N5O. The lowest BCUT2D eigenvalue weighted by molar-refractivity contribution is -0.117. The molecule has 0 saturated heterocycles. The number of nitrogens with one attached hydrogen (secondary N) is 1. The number of amides is 1. The summed E-state index contributed by atoms with van der Waals surface area (Å²) in [5, 5.41) is 10.6. The molecule has 0 bridgehead atoms. The van der Waals surface area contributed by atoms with E-state index in [0.717, 1.165) is 17.9 Å². The highest BCUT2D eigenvalue weighted by Crippen LogP contribution is 2.15. The highest BCUT2D eigenvalue weighted by molar-refractivity contribution is 5.94. The Morgan fingerprint density at radius 3 is 2.95 bits per heavy atom. The average Bonchev–Trinajstić information content (AvgIpc) is 2.85. The number of anilines is 1. The van der Waals surface area contributed by atoms with Crippen LogP contribution in [0.1, 0.15) is 25.6 Å². The molecule has 1 aromatic carbocycles. The molecule has 0 aliphatic heterocycles. The second-order valence-corrected chi connectivity index (χ2v) is 4.68. The van der Waals surface area contributed by atoms with Crippen LogP contribution in [0.5, 0.6) is 0 Å². The molecule has 0 aliphatic carbocycles. The number of benzene rings is 1. The van der Waals surface area contributed by atoms with E-state index in [1.54, 1.807) is 6.33 Å². The van der Waals surface area contributed by atoms with Crippen molar-refractivity contribution < 1.29 is 4.79 Å². The topological polar surface area (TPSA) is 85.8 Å². The normalized spacial score (nSPS) is 12.2. The summed E-state index contributed by atoms with van der Waals surface area (Å²) in [6.07, 6.45) is 3.20. The van der Waals surface area contributed by atoms with E-state index < -0.39 is 6.04 Å². The fourth-order valence-corrected chi connectivity index (χ4v) is 1.96. The zero-order valence-electron chi connectivity index (χ0n) is 11.7. The number of nitrogens with two attached hydrogens (primary N) is 1. The van der Waals surface area contributed by atoms with Gasteiger partial charge >= 0.3 is 0 Å². The maximum absolute atomic E-state index is 11.9. The minimum absolute atomic E-state index is 0.163. The summed E-state index contributed by atoms with van der Waals surface area (Å²) >= 11 is 0. The van der Waals surface area contributed by atoms with E-state index in [1.807, 2.05) is 42.7 Å². The van der Waals surface area contributed by atoms with Crippen LogP contribution in [-0.2, 0) is 4.79 Å². The molecule has 6 nitrogen and oxygen atoms in total. The fraction of sp³-hybridized carbons (Fsp3) is 0.357. The Morgan fingerprint density at radius 1 is 1.50 bits per heavy atom. The Morgan fingerprint density at radius 2 is 2.30 bits per heavy atom. The first-order valence-electron chi connectivity index (χ1n) is 6.65. The van der Waals surface area contributed by atoms with Gasteiger partial charge in [0.1, 0.15) is 12.2 Å². The third-order valence-electron chi connectivity index (χ3n) is 3.05. The van der Waals surface area contributed by atoms with Crippen molar-refractivity contribution >= 4 is 11.6 Å². The highest BCUT2D eigenvalue weighted by Gasteiger charge is 2.12. The standard InChI is InChI=1S/C14H19N5O/c1-3-5-13(15)14(20)17-11-6-4-7-12(8-11)19-9-16-18-10(19)2/h4,6-9,13H,3,5,15H2,1-2H3,(H,17,20). The molecule has 1 unspecified atom stereocenters. The Kier molecular flexibility index (Phi) is 4.47. The van der Waals surface area contributed by atoms with Crippen LogP contribution in [0, 0.1) is 6.92 Å². The van der Waals surface area contributed by atoms with Crippen LogP contribution in [0.2, 0.25) is 0 Å². The van der Waals surface area contributed by atoms with Crippen molar-refractivity contribution in [2.75, 3.05) is 5.32 Å². The van der Waals surface area contributed by atoms with Gasteiger partial charge in [0.15, 0.2) is 0 Å². The highest BCUT2D eigenvalue weighted by atomic mass is 16.2. The molecule has 2 aromatic rings. The first kappa shape index (κ1) is 14.2. The van der Waals surface area contributed by atoms with Crippen molar-refractivity contribution in [3.05, 3.63) is 36.4 Å². The number of aromatic nitrogens is 3. The van der Waals surface area contributed by atoms with E-state index in [1.165, 1.54) is 0 Å². The second kappa shape index (κ2) is 6.29. The molecular weight excluding hydrogens is 254 g/mol. The average molecular weight is 273 g/mol. The predicted molar refractivity (Wildman–Crippen MR) is 77.6 cm³/mol. The van der Waals surface area contributed by atoms with Crippen LogP contribution in [-0.4, -0.2) is 26.7 Å². The zero-order chi connectivity index (χ0) is 14.5. The number of hydrogen-bond donors (Lipinski definition) is 2. The van der Waals surface area contributed by atoms with E-state index >= 15 is 0 Å². The van der Waals surface area contributed by atoms with Crippen LogP contribution < -0.4 is 11.1 Å². The fourth-order valence-electron chi connectivity index (χ4n) is 1.96. The van der Waals surface area contributed by atoms with Gasteiger partial charge < -0.3 is 11.1 Å². The molecule has 1 aromatic heterocycles. The van der Waals surface area contributed by atoms with Crippen molar-refractivity contribution in [1.29, 1.82) is 0 Å². The monoisotopic (exact) mass is 273 g/mol. The van der Waals surface area contributed by atoms with E-state index in [4.69, 9.17) is 5.73 Å². The largest absolute Gasteiger partial charge is 0.325 e. The Balaban J connectivity index is 2.15. The first-order chi connectivity index (χ1) is 9.61. The van der Waals surface area contributed by atoms with Gasteiger partial charge in [-0.1, -0.05) is 19.4 Å². The quantitative estimate of drug-likeness (QED) is 0.867. The van der Waals surface area contributed by atoms with Crippen LogP contribution in [0.15, 0.2) is 30.6 Å². The van der Waals surface area contributed by atoms with E-state index in [9.17, 15) is 4.79 Å². The lowest BCUT2D eigenvalue weighted by Crippen LogP contribution is -2.35. The van der Waals surface area contributed by atoms with Gasteiger partial charge in [0.25, 0.3) is 0 Å². The Bertz CT molecular complexity index is 593. The molecule has 0 aliphatic rings. The number of hydrogen-bond acceptors (Lipinski definition) is 4. The predicted octanol–water partition coefficient (Wildman–Crippen LogP) is 1.64. The van der Waals surface area contributed by atoms with Gasteiger partial charge in [-0.2, -0.15) is 0 Å². The minimum atomic E-state index is -0.472. The summed E-state index contributed by atoms with van der Waals surface area (Å²) in [6, 6.07) is 7.03. The summed E-state index contributed by atoms with van der Waals surface area (Å²) in [6.45, 7) is 3.87. The van der Waals surface area contributed by atoms with Crippen LogP contribution >= 0.6 is 0 Å². The Hall–Kier alpha value is -2.21. The van der Waals surface area contributed by atoms with Crippen molar-refractivity contribution in [3.63, 3.8) is 0 Å². The third kappa shape index (κ3) is 3.21. The van der Waals surface area contributed by atoms with Gasteiger partial charge in [-0.25, -0.2) is 0 Å². The lowest BCUT2D eigenvalue weighted by atomic mass is 10.1. The molecule has 0 saturated carbocycles. The van der Waals surface area contributed by atoms with Crippen molar-refractivity contribution in [2.24, 2.45) is 5.73 Å². The summed E-state index contributed by atoms with van der Waals surface area (Å²) in [4.78, 5) is 11.9. The molecule has 2 rings (SSSR count). The number of nitrogens with zero attached hydrogens (tertiary/aromatic N) is 3. The molecule has 1 atom stereocenters. The summed E-state index contributed by atoms with van der Waals surface area (Å²) in [7, 11) is 0. The van der Waals surface area contributed by atoms with Crippen LogP contribution in [0.25, 0.3) is 5.69 Å². The summed E-state index contributed by atoms with van der Waals surface area (Å²) in [5.41, 5.74) is 7.41. The van der Waals surface area contributed by atoms with Gasteiger partial charge in [0.2, 0.25) is 5.91 Å². The molecule has 106 valence electrons. The van der Waals surface area contributed by atoms with Gasteiger partial charge in [0.05, 0.1) is 11.7 Å². The SMILES string of the molecule is CCCC(N)C(=O)Nc1cccc(-n2cnnc2C)c1. The molecule has 0 fully saturated rings. The molecule has 1 heterocycles. The smallest absolute Gasteiger partial charge is 0.241 e. The Labute approximate surface area is 118 Å². The molecule has 6 heteroatoms. The second-order valence-electron chi connectivity index (χ2n) is 4.68. The first-order valence-corrected chi connectivity index (χ1v) is 6.65. The molecule has 20 heavy (non-hydrogen) atoms. The molecule has 1 amide bonds. The van der Waals surface area contributed by atoms with Crippen molar-refractivity contribution in [2.45, 2.75) is 32.7 Å². The van der Waals surface area contributed by atoms with Gasteiger partial charge in [-0.05, 0) is 31.5 Å². The van der Waals surface area contributed by atoms with Gasteiger partial charge in [-0.3, -0.25) is 9.36 Å². The number of rotatable bonds is 5. The summed E-state index contributed by atoms with van der Waals surface area (Å²) in [5.74, 6) is 0.626. The van der Waals surface area contributed by atoms with Gasteiger partial charge in [-0.15, -0.1) is 10.2 Å². The summed E-state index contributed by atoms with van der Waals surface area (Å²) < 4.78 is 1.85. The van der Waals surface area contributed by atoms with E-state index in [2.05, 4.69) is 15.5 Å². The van der Waals surface area contributed by atoms with Crippen molar-refractivity contribution in [3.8, 4) is 5.69 Å². The van der Waals surface area contributed by atoms with Gasteiger partial charge in [0, 0.05) is 5.69 Å². The maximum atomic E-state index is 11.9. The number of aryl methyl sites for hydroxylation is 1. The third-order valence-corrected chi connectivity index (χ3v) is 3.05. The number of carbonyl (C=O) groups is 1. The van der Waals surface area contributed by atoms with E-state index in [0.29, 0.717) is 12.1 Å². The maximum Gasteiger partial charge on any atom is 0.241 e. The van der Waals surface area contributed by atoms with Crippen molar-refractivity contribution in [1.82, 2.24) is 14.8 Å². The van der Waals surface area contributed by atoms with E-state index in [-0.39, 0.29) is 5.91 Å². The number of carbonyl (C=O) groups excluding carboxylic acids is 1. The molecule has 3 N–H and O–H groups in total.